The molecule has 5 rings (SSSR count). The number of ether oxygens (including phenoxy) is 2. The van der Waals surface area contributed by atoms with Crippen molar-refractivity contribution in [3.8, 4) is 5.75 Å². The molecule has 1 aliphatic rings. The van der Waals surface area contributed by atoms with Crippen molar-refractivity contribution in [3.05, 3.63) is 135 Å². The summed E-state index contributed by atoms with van der Waals surface area (Å²) in [6.45, 7) is 1.25. The number of thiazole rings is 1. The lowest BCUT2D eigenvalue weighted by molar-refractivity contribution is -0.384. The summed E-state index contributed by atoms with van der Waals surface area (Å²) in [7, 11) is 0. The van der Waals surface area contributed by atoms with E-state index < -0.39 is 39.9 Å². The standard InChI is InChI=1S/C30H20Cl2F3N3O6S/c1-2-43-28(40)24-25(17-5-7-19(31)8-6-17)37-27(39)23(45-29(37)36-26(24)30(33,34)35)14-18-13-20(32)9-12-22(18)44-15-16-3-10-21(11-4-16)38(41)42/h3-14,25H,2,15H2,1H3/b23-14-/t25-/m1/s1. The van der Waals surface area contributed by atoms with E-state index in [1.54, 1.807) is 12.1 Å². The van der Waals surface area contributed by atoms with E-state index in [2.05, 4.69) is 4.99 Å². The highest BCUT2D eigenvalue weighted by molar-refractivity contribution is 7.07. The molecule has 1 atom stereocenters. The van der Waals surface area contributed by atoms with Gasteiger partial charge in [-0.05, 0) is 66.6 Å². The second kappa shape index (κ2) is 12.9. The summed E-state index contributed by atoms with van der Waals surface area (Å²) in [6, 6.07) is 14.5. The van der Waals surface area contributed by atoms with Gasteiger partial charge in [0.25, 0.3) is 11.2 Å². The molecule has 0 saturated carbocycles. The van der Waals surface area contributed by atoms with Gasteiger partial charge < -0.3 is 9.47 Å². The molecule has 0 N–H and O–H groups in total. The molecule has 15 heteroatoms. The van der Waals surface area contributed by atoms with E-state index >= 15 is 0 Å². The van der Waals surface area contributed by atoms with Crippen LogP contribution in [0, 0.1) is 10.1 Å². The molecule has 9 nitrogen and oxygen atoms in total. The van der Waals surface area contributed by atoms with Crippen molar-refractivity contribution in [3.63, 3.8) is 0 Å². The number of nitrogens with zero attached hydrogens (tertiary/aromatic N) is 3. The number of nitro benzene ring substituents is 1. The Labute approximate surface area is 266 Å². The number of non-ortho nitro benzene ring substituents is 1. The van der Waals surface area contributed by atoms with Gasteiger partial charge in [0.2, 0.25) is 0 Å². The fraction of sp³-hybridized carbons (Fsp3) is 0.167. The van der Waals surface area contributed by atoms with Crippen LogP contribution < -0.4 is 19.6 Å². The molecule has 45 heavy (non-hydrogen) atoms. The molecule has 0 bridgehead atoms. The molecule has 1 aliphatic heterocycles. The Balaban J connectivity index is 1.64. The first-order valence-corrected chi connectivity index (χ1v) is 14.7. The van der Waals surface area contributed by atoms with Crippen LogP contribution in [-0.4, -0.2) is 28.2 Å². The lowest BCUT2D eigenvalue weighted by atomic mass is 9.95. The molecule has 0 aliphatic carbocycles. The average molecular weight is 678 g/mol. The van der Waals surface area contributed by atoms with E-state index in [4.69, 9.17) is 32.7 Å². The molecule has 1 aromatic heterocycles. The van der Waals surface area contributed by atoms with Crippen molar-refractivity contribution in [2.24, 2.45) is 4.99 Å². The van der Waals surface area contributed by atoms with E-state index in [9.17, 15) is 32.9 Å². The summed E-state index contributed by atoms with van der Waals surface area (Å²) in [5, 5.41) is 11.5. The van der Waals surface area contributed by atoms with Gasteiger partial charge >= 0.3 is 12.1 Å². The number of allylic oxidation sites excluding steroid dienone is 1. The normalized spacial score (nSPS) is 15.0. The number of carbonyl (C=O) groups is 1. The highest BCUT2D eigenvalue weighted by Crippen LogP contribution is 2.38. The molecule has 0 spiro atoms. The topological polar surface area (TPSA) is 113 Å². The van der Waals surface area contributed by atoms with Crippen LogP contribution in [0.5, 0.6) is 5.75 Å². The monoisotopic (exact) mass is 677 g/mol. The Kier molecular flexibility index (Phi) is 9.14. The molecule has 0 amide bonds. The largest absolute Gasteiger partial charge is 0.488 e. The number of hydrogen-bond donors (Lipinski definition) is 0. The summed E-state index contributed by atoms with van der Waals surface area (Å²) in [5.74, 6) is -0.986. The summed E-state index contributed by atoms with van der Waals surface area (Å²) in [6.07, 6.45) is -3.64. The van der Waals surface area contributed by atoms with Gasteiger partial charge in [0.05, 0.1) is 27.7 Å². The third kappa shape index (κ3) is 6.80. The van der Waals surface area contributed by atoms with Crippen molar-refractivity contribution >= 4 is 52.3 Å². The second-order valence-electron chi connectivity index (χ2n) is 9.51. The highest BCUT2D eigenvalue weighted by atomic mass is 35.5. The van der Waals surface area contributed by atoms with Gasteiger partial charge in [-0.3, -0.25) is 19.5 Å². The predicted octanol–water partition coefficient (Wildman–Crippen LogP) is 6.13. The number of fused-ring (bicyclic) bond motifs is 1. The molecule has 3 aromatic carbocycles. The van der Waals surface area contributed by atoms with Gasteiger partial charge in [0.1, 0.15) is 12.4 Å². The number of benzene rings is 3. The van der Waals surface area contributed by atoms with Gasteiger partial charge in [0, 0.05) is 27.7 Å². The Bertz CT molecular complexity index is 2010. The Hall–Kier alpha value is -4.46. The SMILES string of the molecule is CCOC(=O)C1=C(C(F)(F)F)N=c2s/c(=C\c3cc(Cl)ccc3OCc3ccc([N+](=O)[O-])cc3)c(=O)n2[C@@H]1c1ccc(Cl)cc1. The van der Waals surface area contributed by atoms with Crippen molar-refractivity contribution in [2.45, 2.75) is 25.7 Å². The van der Waals surface area contributed by atoms with Crippen LogP contribution in [0.4, 0.5) is 18.9 Å². The number of esters is 1. The van der Waals surface area contributed by atoms with Gasteiger partial charge in [-0.25, -0.2) is 9.79 Å². The third-order valence-electron chi connectivity index (χ3n) is 6.58. The average Bonchev–Trinajstić information content (AvgIpc) is 3.30. The Morgan fingerprint density at radius 3 is 2.38 bits per heavy atom. The van der Waals surface area contributed by atoms with Crippen molar-refractivity contribution < 1.29 is 32.4 Å². The fourth-order valence-corrected chi connectivity index (χ4v) is 5.88. The highest BCUT2D eigenvalue weighted by Gasteiger charge is 2.45. The molecule has 4 aromatic rings. The molecular weight excluding hydrogens is 658 g/mol. The van der Waals surface area contributed by atoms with E-state index in [0.29, 0.717) is 32.5 Å². The van der Waals surface area contributed by atoms with Crippen LogP contribution in [0.25, 0.3) is 6.08 Å². The van der Waals surface area contributed by atoms with Crippen molar-refractivity contribution in [1.82, 2.24) is 4.57 Å². The number of nitro groups is 1. The minimum Gasteiger partial charge on any atom is -0.488 e. The van der Waals surface area contributed by atoms with E-state index in [0.717, 1.165) is 4.57 Å². The van der Waals surface area contributed by atoms with Crippen molar-refractivity contribution in [1.29, 1.82) is 0 Å². The summed E-state index contributed by atoms with van der Waals surface area (Å²) < 4.78 is 54.9. The van der Waals surface area contributed by atoms with Gasteiger partial charge in [-0.1, -0.05) is 46.7 Å². The number of aromatic nitrogens is 1. The van der Waals surface area contributed by atoms with Crippen LogP contribution in [0.2, 0.25) is 10.0 Å². The smallest absolute Gasteiger partial charge is 0.434 e. The molecule has 0 unspecified atom stereocenters. The van der Waals surface area contributed by atoms with Crippen molar-refractivity contribution in [2.75, 3.05) is 6.61 Å². The van der Waals surface area contributed by atoms with Crippen LogP contribution in [-0.2, 0) is 16.1 Å². The summed E-state index contributed by atoms with van der Waals surface area (Å²) >= 11 is 12.9. The number of hydrogen-bond acceptors (Lipinski definition) is 8. The van der Waals surface area contributed by atoms with Gasteiger partial charge in [-0.15, -0.1) is 0 Å². The quantitative estimate of drug-likeness (QED) is 0.126. The van der Waals surface area contributed by atoms with Gasteiger partial charge in [0.15, 0.2) is 10.5 Å². The minimum atomic E-state index is -5.05. The fourth-order valence-electron chi connectivity index (χ4n) is 4.58. The van der Waals surface area contributed by atoms with E-state index in [1.165, 1.54) is 67.6 Å². The first-order valence-electron chi connectivity index (χ1n) is 13.1. The van der Waals surface area contributed by atoms with Crippen LogP contribution in [0.1, 0.15) is 29.7 Å². The van der Waals surface area contributed by atoms with E-state index in [-0.39, 0.29) is 39.5 Å². The lowest BCUT2D eigenvalue weighted by Crippen LogP contribution is -2.41. The number of carbonyl (C=O) groups excluding carboxylic acids is 1. The van der Waals surface area contributed by atoms with Crippen LogP contribution >= 0.6 is 34.5 Å². The Morgan fingerprint density at radius 2 is 1.76 bits per heavy atom. The zero-order valence-electron chi connectivity index (χ0n) is 23.0. The zero-order valence-corrected chi connectivity index (χ0v) is 25.3. The van der Waals surface area contributed by atoms with E-state index in [1.807, 2.05) is 0 Å². The number of halogens is 5. The predicted molar refractivity (Wildman–Crippen MR) is 161 cm³/mol. The van der Waals surface area contributed by atoms with Crippen LogP contribution in [0.3, 0.4) is 0 Å². The molecule has 0 fully saturated rings. The maximum atomic E-state index is 14.3. The molecular formula is C30H20Cl2F3N3O6S. The Morgan fingerprint density at radius 1 is 1.09 bits per heavy atom. The summed E-state index contributed by atoms with van der Waals surface area (Å²) in [5.41, 5.74) is -1.97. The number of alkyl halides is 3. The summed E-state index contributed by atoms with van der Waals surface area (Å²) in [4.78, 5) is 40.7. The maximum absolute atomic E-state index is 14.3. The molecule has 232 valence electrons. The maximum Gasteiger partial charge on any atom is 0.434 e. The number of rotatable bonds is 8. The lowest BCUT2D eigenvalue weighted by Gasteiger charge is -2.26. The third-order valence-corrected chi connectivity index (χ3v) is 8.05. The first kappa shape index (κ1) is 31.9. The zero-order chi connectivity index (χ0) is 32.5. The molecule has 2 heterocycles. The first-order chi connectivity index (χ1) is 21.4. The minimum absolute atomic E-state index is 0.0100. The van der Waals surface area contributed by atoms with Crippen LogP contribution in [0.15, 0.2) is 87.8 Å². The second-order valence-corrected chi connectivity index (χ2v) is 11.4. The van der Waals surface area contributed by atoms with Gasteiger partial charge in [-0.2, -0.15) is 13.2 Å². The molecule has 0 radical (unpaired) electrons. The molecule has 0 saturated heterocycles.